The molecule has 0 rings (SSSR count). The molecule has 4 heteroatoms. The minimum Gasteiger partial charge on any atom is -0.293 e. The highest BCUT2D eigenvalue weighted by Crippen LogP contribution is 2.13. The lowest BCUT2D eigenvalue weighted by molar-refractivity contribution is -0.127. The van der Waals surface area contributed by atoms with Crippen molar-refractivity contribution in [2.75, 3.05) is 6.54 Å². The number of nitrogens with one attached hydrogen (secondary N) is 1. The van der Waals surface area contributed by atoms with Crippen molar-refractivity contribution >= 4 is 5.91 Å². The second kappa shape index (κ2) is 7.65. The summed E-state index contributed by atoms with van der Waals surface area (Å²) < 4.78 is 0. The molecule has 0 saturated carbocycles. The molecule has 0 aromatic heterocycles. The maximum Gasteiger partial charge on any atom is 0.251 e. The number of hydrogen-bond acceptors (Lipinski definition) is 3. The highest BCUT2D eigenvalue weighted by molar-refractivity contribution is 5.81. The smallest absolute Gasteiger partial charge is 0.251 e. The van der Waals surface area contributed by atoms with Gasteiger partial charge >= 0.3 is 0 Å². The summed E-state index contributed by atoms with van der Waals surface area (Å²) in [6.07, 6.45) is 2.90. The van der Waals surface area contributed by atoms with E-state index in [1.807, 2.05) is 0 Å². The lowest BCUT2D eigenvalue weighted by Crippen LogP contribution is -2.51. The molecule has 0 aromatic rings. The first-order valence-electron chi connectivity index (χ1n) is 5.88. The summed E-state index contributed by atoms with van der Waals surface area (Å²) in [5.74, 6) is 5.14. The van der Waals surface area contributed by atoms with Crippen molar-refractivity contribution in [2.45, 2.75) is 59.0 Å². The third-order valence-electron chi connectivity index (χ3n) is 2.93. The second-order valence-electron chi connectivity index (χ2n) is 3.90. The van der Waals surface area contributed by atoms with Gasteiger partial charge in [0.2, 0.25) is 0 Å². The molecule has 3 N–H and O–H groups in total. The Balaban J connectivity index is 4.60. The van der Waals surface area contributed by atoms with Crippen molar-refractivity contribution < 1.29 is 4.79 Å². The summed E-state index contributed by atoms with van der Waals surface area (Å²) in [5.41, 5.74) is 2.26. The van der Waals surface area contributed by atoms with Crippen LogP contribution in [0.5, 0.6) is 0 Å². The van der Waals surface area contributed by atoms with Crippen LogP contribution in [0.1, 0.15) is 47.0 Å². The average molecular weight is 215 g/mol. The first kappa shape index (κ1) is 14.4. The maximum absolute atomic E-state index is 11.6. The van der Waals surface area contributed by atoms with Crippen molar-refractivity contribution in [3.8, 4) is 0 Å². The van der Waals surface area contributed by atoms with Gasteiger partial charge in [0.25, 0.3) is 5.91 Å². The van der Waals surface area contributed by atoms with Crippen LogP contribution in [0.15, 0.2) is 0 Å². The minimum atomic E-state index is -0.0834. The highest BCUT2D eigenvalue weighted by Gasteiger charge is 2.26. The molecule has 0 aliphatic rings. The Morgan fingerprint density at radius 2 is 2.00 bits per heavy atom. The quantitative estimate of drug-likeness (QED) is 0.382. The Morgan fingerprint density at radius 1 is 1.40 bits per heavy atom. The largest absolute Gasteiger partial charge is 0.293 e. The number of hydrogen-bond donors (Lipinski definition) is 2. The zero-order valence-electron chi connectivity index (χ0n) is 10.4. The van der Waals surface area contributed by atoms with Gasteiger partial charge in [-0.1, -0.05) is 27.2 Å². The second-order valence-corrected chi connectivity index (χ2v) is 3.90. The van der Waals surface area contributed by atoms with E-state index >= 15 is 0 Å². The van der Waals surface area contributed by atoms with Crippen LogP contribution in [0.3, 0.4) is 0 Å². The van der Waals surface area contributed by atoms with E-state index in [2.05, 4.69) is 38.0 Å². The Hall–Kier alpha value is -0.610. The van der Waals surface area contributed by atoms with Gasteiger partial charge in [-0.2, -0.15) is 0 Å². The number of amides is 1. The van der Waals surface area contributed by atoms with Crippen LogP contribution < -0.4 is 11.3 Å². The van der Waals surface area contributed by atoms with Gasteiger partial charge in [0.1, 0.15) is 0 Å². The van der Waals surface area contributed by atoms with Gasteiger partial charge in [-0.15, -0.1) is 0 Å². The van der Waals surface area contributed by atoms with E-state index in [-0.39, 0.29) is 11.9 Å². The van der Waals surface area contributed by atoms with E-state index in [9.17, 15) is 4.79 Å². The Kier molecular flexibility index (Phi) is 7.34. The average Bonchev–Trinajstić information content (AvgIpc) is 2.27. The summed E-state index contributed by atoms with van der Waals surface area (Å²) in [4.78, 5) is 13.9. The van der Waals surface area contributed by atoms with Gasteiger partial charge in [0, 0.05) is 6.04 Å². The standard InChI is InChI=1S/C11H25N3O/c1-5-8-10(11(15)13-12)14(7-3)9(4)6-2/h9-10H,5-8,12H2,1-4H3,(H,13,15). The molecule has 0 bridgehead atoms. The molecule has 0 fully saturated rings. The van der Waals surface area contributed by atoms with Gasteiger partial charge in [0.05, 0.1) is 6.04 Å². The van der Waals surface area contributed by atoms with Crippen LogP contribution in [0.2, 0.25) is 0 Å². The highest BCUT2D eigenvalue weighted by atomic mass is 16.2. The summed E-state index contributed by atoms with van der Waals surface area (Å²) in [6.45, 7) is 9.33. The molecular weight excluding hydrogens is 190 g/mol. The number of nitrogens with zero attached hydrogens (tertiary/aromatic N) is 1. The van der Waals surface area contributed by atoms with Crippen LogP contribution in [-0.2, 0) is 4.79 Å². The van der Waals surface area contributed by atoms with E-state index in [0.29, 0.717) is 6.04 Å². The lowest BCUT2D eigenvalue weighted by Gasteiger charge is -2.33. The monoisotopic (exact) mass is 215 g/mol. The predicted molar refractivity (Wildman–Crippen MR) is 63.2 cm³/mol. The van der Waals surface area contributed by atoms with E-state index in [1.54, 1.807) is 0 Å². The molecule has 2 unspecified atom stereocenters. The molecule has 0 radical (unpaired) electrons. The van der Waals surface area contributed by atoms with Gasteiger partial charge in [-0.3, -0.25) is 15.1 Å². The number of likely N-dealkylation sites (N-methyl/N-ethyl adjacent to an activating group) is 1. The maximum atomic E-state index is 11.6. The molecule has 0 spiro atoms. The van der Waals surface area contributed by atoms with Gasteiger partial charge < -0.3 is 0 Å². The molecule has 0 aliphatic carbocycles. The van der Waals surface area contributed by atoms with Crippen molar-refractivity contribution in [3.05, 3.63) is 0 Å². The molecule has 0 aliphatic heterocycles. The third-order valence-corrected chi connectivity index (χ3v) is 2.93. The fourth-order valence-electron chi connectivity index (χ4n) is 1.89. The fraction of sp³-hybridized carbons (Fsp3) is 0.909. The molecular formula is C11H25N3O. The molecule has 0 saturated heterocycles. The Labute approximate surface area is 93.2 Å². The van der Waals surface area contributed by atoms with Gasteiger partial charge in [-0.25, -0.2) is 5.84 Å². The van der Waals surface area contributed by atoms with E-state index in [0.717, 1.165) is 25.8 Å². The number of carbonyl (C=O) groups is 1. The van der Waals surface area contributed by atoms with E-state index < -0.39 is 0 Å². The van der Waals surface area contributed by atoms with Crippen LogP contribution in [0.25, 0.3) is 0 Å². The lowest BCUT2D eigenvalue weighted by atomic mass is 10.1. The number of carbonyl (C=O) groups excluding carboxylic acids is 1. The topological polar surface area (TPSA) is 58.4 Å². The molecule has 0 heterocycles. The van der Waals surface area contributed by atoms with Crippen molar-refractivity contribution in [1.29, 1.82) is 0 Å². The molecule has 90 valence electrons. The van der Waals surface area contributed by atoms with E-state index in [1.165, 1.54) is 0 Å². The first-order chi connectivity index (χ1) is 7.12. The number of nitrogens with two attached hydrogens (primary N) is 1. The van der Waals surface area contributed by atoms with Crippen LogP contribution >= 0.6 is 0 Å². The molecule has 0 aromatic carbocycles. The fourth-order valence-corrected chi connectivity index (χ4v) is 1.89. The summed E-state index contributed by atoms with van der Waals surface area (Å²) >= 11 is 0. The Bertz CT molecular complexity index is 185. The van der Waals surface area contributed by atoms with Crippen LogP contribution in [-0.4, -0.2) is 29.4 Å². The number of hydrazine groups is 1. The van der Waals surface area contributed by atoms with Crippen molar-refractivity contribution in [3.63, 3.8) is 0 Å². The summed E-state index contributed by atoms with van der Waals surface area (Å²) in [7, 11) is 0. The zero-order chi connectivity index (χ0) is 11.8. The summed E-state index contributed by atoms with van der Waals surface area (Å²) in [6, 6.07) is 0.337. The van der Waals surface area contributed by atoms with Crippen LogP contribution in [0, 0.1) is 0 Å². The normalized spacial score (nSPS) is 15.1. The first-order valence-corrected chi connectivity index (χ1v) is 5.88. The van der Waals surface area contributed by atoms with Gasteiger partial charge in [-0.05, 0) is 26.3 Å². The summed E-state index contributed by atoms with van der Waals surface area (Å²) in [5, 5.41) is 0. The Morgan fingerprint density at radius 3 is 2.33 bits per heavy atom. The molecule has 2 atom stereocenters. The minimum absolute atomic E-state index is 0.0704. The van der Waals surface area contributed by atoms with Gasteiger partial charge in [0.15, 0.2) is 0 Å². The molecule has 4 nitrogen and oxygen atoms in total. The molecule has 1 amide bonds. The third kappa shape index (κ3) is 4.18. The number of rotatable bonds is 7. The van der Waals surface area contributed by atoms with E-state index in [4.69, 9.17) is 5.84 Å². The van der Waals surface area contributed by atoms with Crippen molar-refractivity contribution in [1.82, 2.24) is 10.3 Å². The predicted octanol–water partition coefficient (Wildman–Crippen LogP) is 1.27. The zero-order valence-corrected chi connectivity index (χ0v) is 10.4. The SMILES string of the molecule is CCCC(C(=O)NN)N(CC)C(C)CC. The van der Waals surface area contributed by atoms with Crippen LogP contribution in [0.4, 0.5) is 0 Å². The van der Waals surface area contributed by atoms with Crippen molar-refractivity contribution in [2.24, 2.45) is 5.84 Å². The molecule has 15 heavy (non-hydrogen) atoms.